The molecule has 0 aromatic heterocycles. The Hall–Kier alpha value is -4.94. The molecule has 0 spiro atoms. The van der Waals surface area contributed by atoms with E-state index in [1.165, 1.54) is 77.9 Å². The van der Waals surface area contributed by atoms with Crippen molar-refractivity contribution in [1.29, 1.82) is 0 Å². The zero-order valence-corrected chi connectivity index (χ0v) is 30.7. The van der Waals surface area contributed by atoms with Crippen LogP contribution in [0, 0.1) is 11.8 Å². The molecule has 0 radical (unpaired) electrons. The molecule has 5 aromatic rings. The van der Waals surface area contributed by atoms with Crippen molar-refractivity contribution in [3.05, 3.63) is 179 Å². The van der Waals surface area contributed by atoms with Crippen LogP contribution in [0.3, 0.4) is 0 Å². The Bertz CT molecular complexity index is 2300. The maximum Gasteiger partial charge on any atom is 0.0159 e. The van der Waals surface area contributed by atoms with E-state index >= 15 is 0 Å². The van der Waals surface area contributed by atoms with E-state index in [4.69, 9.17) is 0 Å². The summed E-state index contributed by atoms with van der Waals surface area (Å²) < 4.78 is 0. The maximum absolute atomic E-state index is 2.51. The molecule has 250 valence electrons. The highest BCUT2D eigenvalue weighted by atomic mass is 14.5. The Kier molecular flexibility index (Phi) is 6.38. The van der Waals surface area contributed by atoms with Crippen molar-refractivity contribution in [2.75, 3.05) is 0 Å². The SMILES string of the molecule is CC1(C)c2ccccc2-c2ccc(-c3cc(-c4ccc5c(c4)C(C)(C)C4C=CC=CC54)cc(-c4ccc5c(c4)C(C)(C)C4C=CC=CC54)c3)cc21. The van der Waals surface area contributed by atoms with E-state index in [0.29, 0.717) is 23.7 Å². The molecule has 0 saturated heterocycles. The molecule has 0 fully saturated rings. The highest BCUT2D eigenvalue weighted by Gasteiger charge is 2.45. The van der Waals surface area contributed by atoms with Gasteiger partial charge in [0.15, 0.2) is 0 Å². The quantitative estimate of drug-likeness (QED) is 0.181. The molecular formula is C51H46. The first kappa shape index (κ1) is 30.8. The van der Waals surface area contributed by atoms with E-state index in [9.17, 15) is 0 Å². The van der Waals surface area contributed by atoms with Crippen LogP contribution in [-0.4, -0.2) is 0 Å². The van der Waals surface area contributed by atoms with Crippen LogP contribution in [0.4, 0.5) is 0 Å². The second-order valence-corrected chi connectivity index (χ2v) is 17.4. The normalized spacial score (nSPS) is 24.4. The average molecular weight is 659 g/mol. The van der Waals surface area contributed by atoms with Gasteiger partial charge in [0, 0.05) is 17.3 Å². The summed E-state index contributed by atoms with van der Waals surface area (Å²) in [5.74, 6) is 1.91. The molecule has 0 nitrogen and oxygen atoms in total. The number of rotatable bonds is 3. The zero-order valence-electron chi connectivity index (χ0n) is 30.7. The summed E-state index contributed by atoms with van der Waals surface area (Å²) in [4.78, 5) is 0. The summed E-state index contributed by atoms with van der Waals surface area (Å²) in [6.07, 6.45) is 18.6. The van der Waals surface area contributed by atoms with Crippen LogP contribution in [0.2, 0.25) is 0 Å². The Balaban J connectivity index is 1.15. The van der Waals surface area contributed by atoms with Gasteiger partial charge in [0.2, 0.25) is 0 Å². The molecule has 5 aliphatic rings. The molecule has 0 N–H and O–H groups in total. The first-order valence-electron chi connectivity index (χ1n) is 18.9. The molecule has 4 atom stereocenters. The van der Waals surface area contributed by atoms with E-state index < -0.39 is 0 Å². The second-order valence-electron chi connectivity index (χ2n) is 17.4. The molecule has 0 heterocycles. The van der Waals surface area contributed by atoms with Gasteiger partial charge in [0.25, 0.3) is 0 Å². The van der Waals surface area contributed by atoms with Gasteiger partial charge in [-0.25, -0.2) is 0 Å². The molecule has 51 heavy (non-hydrogen) atoms. The highest BCUT2D eigenvalue weighted by Crippen LogP contribution is 2.56. The molecule has 0 heteroatoms. The fourth-order valence-corrected chi connectivity index (χ4v) is 10.7. The smallest absolute Gasteiger partial charge is 0.0159 e. The average Bonchev–Trinajstić information content (AvgIpc) is 3.64. The van der Waals surface area contributed by atoms with Crippen LogP contribution in [0.5, 0.6) is 0 Å². The predicted octanol–water partition coefficient (Wildman–Crippen LogP) is 13.2. The largest absolute Gasteiger partial charge is 0.0796 e. The first-order chi connectivity index (χ1) is 24.5. The van der Waals surface area contributed by atoms with E-state index in [1.54, 1.807) is 0 Å². The van der Waals surface area contributed by atoms with E-state index in [1.807, 2.05) is 0 Å². The Morgan fingerprint density at radius 2 is 0.804 bits per heavy atom. The van der Waals surface area contributed by atoms with Crippen molar-refractivity contribution in [3.8, 4) is 44.5 Å². The summed E-state index contributed by atoms with van der Waals surface area (Å²) in [5.41, 5.74) is 19.3. The van der Waals surface area contributed by atoms with Crippen LogP contribution in [0.1, 0.15) is 86.8 Å². The topological polar surface area (TPSA) is 0 Å². The van der Waals surface area contributed by atoms with E-state index in [-0.39, 0.29) is 16.2 Å². The fraction of sp³-hybridized carbons (Fsp3) is 0.255. The summed E-state index contributed by atoms with van der Waals surface area (Å²) in [5, 5.41) is 0. The van der Waals surface area contributed by atoms with Crippen LogP contribution in [0.15, 0.2) is 146 Å². The lowest BCUT2D eigenvalue weighted by molar-refractivity contribution is 0.394. The minimum atomic E-state index is -0.0428. The Labute approximate surface area is 304 Å². The van der Waals surface area contributed by atoms with Gasteiger partial charge in [0.1, 0.15) is 0 Å². The molecule has 5 aliphatic carbocycles. The van der Waals surface area contributed by atoms with E-state index in [2.05, 4.69) is 187 Å². The summed E-state index contributed by atoms with van der Waals surface area (Å²) in [6, 6.07) is 38.1. The molecule has 5 aromatic carbocycles. The standard InChI is InChI=1S/C51H46/c1-49(2)43-16-10-7-13-37(43)40-22-19-31(28-46(40)49)34-25-35(32-20-23-41-38-14-8-11-17-44(38)50(3,4)47(41)29-32)27-36(26-34)33-21-24-42-39-15-9-12-18-45(39)51(5,6)48(42)30-33/h7-30,37-38,43-44H,1-6H3. The number of fused-ring (bicyclic) bond motifs is 9. The fourth-order valence-electron chi connectivity index (χ4n) is 10.7. The monoisotopic (exact) mass is 658 g/mol. The maximum atomic E-state index is 2.51. The number of allylic oxidation sites excluding steroid dienone is 8. The predicted molar refractivity (Wildman–Crippen MR) is 215 cm³/mol. The lowest BCUT2D eigenvalue weighted by atomic mass is 9.74. The molecular weight excluding hydrogens is 613 g/mol. The third kappa shape index (κ3) is 4.32. The van der Waals surface area contributed by atoms with Crippen molar-refractivity contribution in [2.24, 2.45) is 11.8 Å². The van der Waals surface area contributed by atoms with Gasteiger partial charge in [-0.15, -0.1) is 0 Å². The summed E-state index contributed by atoms with van der Waals surface area (Å²) in [7, 11) is 0. The molecule has 4 unspecified atom stereocenters. The van der Waals surface area contributed by atoms with Crippen molar-refractivity contribution in [2.45, 2.75) is 69.6 Å². The van der Waals surface area contributed by atoms with Crippen LogP contribution in [0.25, 0.3) is 44.5 Å². The molecule has 0 amide bonds. The van der Waals surface area contributed by atoms with Crippen molar-refractivity contribution < 1.29 is 0 Å². The second kappa shape index (κ2) is 10.5. The summed E-state index contributed by atoms with van der Waals surface area (Å²) in [6.45, 7) is 14.5. The first-order valence-corrected chi connectivity index (χ1v) is 18.9. The van der Waals surface area contributed by atoms with Crippen molar-refractivity contribution >= 4 is 0 Å². The van der Waals surface area contributed by atoms with Crippen molar-refractivity contribution in [1.82, 2.24) is 0 Å². The van der Waals surface area contributed by atoms with Gasteiger partial charge >= 0.3 is 0 Å². The number of hydrogen-bond donors (Lipinski definition) is 0. The van der Waals surface area contributed by atoms with Gasteiger partial charge in [-0.3, -0.25) is 0 Å². The zero-order chi connectivity index (χ0) is 34.9. The van der Waals surface area contributed by atoms with E-state index in [0.717, 1.165) is 0 Å². The van der Waals surface area contributed by atoms with Gasteiger partial charge in [-0.05, 0) is 125 Å². The van der Waals surface area contributed by atoms with Crippen molar-refractivity contribution in [3.63, 3.8) is 0 Å². The molecule has 0 bridgehead atoms. The third-order valence-electron chi connectivity index (χ3n) is 13.7. The minimum absolute atomic E-state index is 0.0428. The highest BCUT2D eigenvalue weighted by molar-refractivity contribution is 5.86. The number of benzene rings is 5. The van der Waals surface area contributed by atoms with Gasteiger partial charge in [-0.1, -0.05) is 163 Å². The minimum Gasteiger partial charge on any atom is -0.0796 e. The molecule has 10 rings (SSSR count). The number of hydrogen-bond acceptors (Lipinski definition) is 0. The Morgan fingerprint density at radius 1 is 0.373 bits per heavy atom. The van der Waals surface area contributed by atoms with Gasteiger partial charge in [0.05, 0.1) is 0 Å². The Morgan fingerprint density at radius 3 is 1.33 bits per heavy atom. The van der Waals surface area contributed by atoms with Crippen LogP contribution in [-0.2, 0) is 16.2 Å². The lowest BCUT2D eigenvalue weighted by Crippen LogP contribution is -2.24. The van der Waals surface area contributed by atoms with Gasteiger partial charge in [-0.2, -0.15) is 0 Å². The van der Waals surface area contributed by atoms with Crippen LogP contribution >= 0.6 is 0 Å². The lowest BCUT2D eigenvalue weighted by Gasteiger charge is -2.29. The summed E-state index contributed by atoms with van der Waals surface area (Å²) >= 11 is 0. The molecule has 0 saturated carbocycles. The third-order valence-corrected chi connectivity index (χ3v) is 13.7. The van der Waals surface area contributed by atoms with Crippen LogP contribution < -0.4 is 0 Å². The van der Waals surface area contributed by atoms with Gasteiger partial charge < -0.3 is 0 Å². The molecule has 0 aliphatic heterocycles.